The number of hydrogen-bond acceptors (Lipinski definition) is 27. The quantitative estimate of drug-likeness (QED) is 0.0413. The van der Waals surface area contributed by atoms with Crippen LogP contribution in [0.5, 0.6) is 40.2 Å². The molecule has 37 nitrogen and oxygen atoms in total. The molecule has 5 aromatic carbocycles. The second-order valence-corrected chi connectivity index (χ2v) is 25.2. The molecule has 16 rings (SSSR count). The van der Waals surface area contributed by atoms with Crippen LogP contribution in [0.4, 0.5) is 22.0 Å². The zero-order chi connectivity index (χ0) is 84.8. The molecule has 1 fully saturated rings. The van der Waals surface area contributed by atoms with Gasteiger partial charge in [0.25, 0.3) is 6.43 Å². The topological polar surface area (TPSA) is 393 Å². The first-order chi connectivity index (χ1) is 58.1. The monoisotopic (exact) mass is 2090 g/mol. The molecule has 0 aliphatic heterocycles. The number of aromatic nitrogens is 25. The molecule has 0 unspecified atom stereocenters. The Labute approximate surface area is 832 Å². The van der Waals surface area contributed by atoms with Gasteiger partial charge < -0.3 is 58.1 Å². The van der Waals surface area contributed by atoms with E-state index in [1.807, 2.05) is 25.1 Å². The molecule has 10 heterocycles. The molecule has 0 N–H and O–H groups in total. The summed E-state index contributed by atoms with van der Waals surface area (Å²) >= 11 is 0. The summed E-state index contributed by atoms with van der Waals surface area (Å²) in [6.45, 7) is 2.54. The van der Waals surface area contributed by atoms with Crippen LogP contribution in [0.15, 0.2) is 207 Å². The number of nitrogens with zero attached hydrogens (tertiary/aromatic N) is 25. The smallest absolute Gasteiger partial charge is 0.416 e. The van der Waals surface area contributed by atoms with Gasteiger partial charge in [-0.2, -0.15) is 60.0 Å². The van der Waals surface area contributed by atoms with Crippen LogP contribution in [0.3, 0.4) is 0 Å². The molecule has 633 valence electrons. The van der Waals surface area contributed by atoms with Crippen molar-refractivity contribution in [3.8, 4) is 68.7 Å². The standard InChI is InChI=1S/C17H16N5O2.C16H16N5O3.C15H11F3N5O2.C15H12F2N5O2.C15H14N5O3.5Y/c1-21-17(23)22(20-19-21)16-4-2-3-14(12-5-6-12)15(16)11-24-13-7-9-18-10-8-13;1-3-23-15-6-4-5-14(21-16(22)20(2)18-19-21)13(15)11-24-12-7-9-17-10-8-12;1-22-14(24)23(21-20-22)13-4-2-3-12(15(16,17)18)11(13)9-25-10-5-7-19-8-6-10;1-21-15(23)22(20-19-21)13-4-2-3-11(14(16)17)12(13)9-24-10-5-7-18-8-6-10;1-19-15(21)20(18-17-19)13-4-3-5-14(22-2)12(13)10-23-11-6-8-16-9-7-11;;;;;/h2-4,7-9,12H,5-6,11H2,1H3;4-9H,3,11H2,1-2H3;2-7H,9H2,1H3;2-7,14H,9H2,1H3;3-8H,10H2,1-2H3;;;;;/q5*-1;;;;;. The van der Waals surface area contributed by atoms with E-state index >= 15 is 0 Å². The summed E-state index contributed by atoms with van der Waals surface area (Å²) in [5.74, 6) is 4.39. The summed E-state index contributed by atoms with van der Waals surface area (Å²) < 4.78 is 117. The van der Waals surface area contributed by atoms with Crippen molar-refractivity contribution in [1.29, 1.82) is 0 Å². The predicted molar refractivity (Wildman–Crippen MR) is 410 cm³/mol. The molecule has 1 aliphatic rings. The van der Waals surface area contributed by atoms with Crippen molar-refractivity contribution >= 4 is 0 Å². The van der Waals surface area contributed by atoms with E-state index in [2.05, 4.69) is 114 Å². The Morgan fingerprint density at radius 3 is 0.960 bits per heavy atom. The van der Waals surface area contributed by atoms with E-state index < -0.39 is 36.2 Å². The van der Waals surface area contributed by atoms with Crippen molar-refractivity contribution in [2.75, 3.05) is 13.7 Å². The Balaban J connectivity index is 0.000000212. The Morgan fingerprint density at radius 1 is 0.368 bits per heavy atom. The van der Waals surface area contributed by atoms with Crippen molar-refractivity contribution in [1.82, 2.24) is 124 Å². The predicted octanol–water partition coefficient (Wildman–Crippen LogP) is 6.93. The first-order valence-corrected chi connectivity index (χ1v) is 35.9. The van der Waals surface area contributed by atoms with Crippen molar-refractivity contribution in [2.45, 2.75) is 71.3 Å². The van der Waals surface area contributed by atoms with Gasteiger partial charge >= 0.3 is 34.6 Å². The van der Waals surface area contributed by atoms with Crippen LogP contribution in [-0.2, 0) is 238 Å². The third-order valence-corrected chi connectivity index (χ3v) is 17.5. The minimum absolute atomic E-state index is 0. The molecule has 0 atom stereocenters. The van der Waals surface area contributed by atoms with Gasteiger partial charge in [-0.25, -0.2) is 32.8 Å². The minimum Gasteiger partial charge on any atom is -0.547 e. The molecular weight excluding hydrogens is 2020 g/mol. The SMILES string of the molecule is CCOc1cccc(-n2nnn(C)c2=O)c1COc1c[c-]ncc1.COc1cccc(-n2nnn(C)c2=O)c1COc1c[c-]ncc1.Cn1nnn(-c2cccc(C(F)(F)F)c2COc2c[c-]ncc2)c1=O.Cn1nnn(-c2cccc(C(F)F)c2COc2c[c-]ncc2)c1=O.Cn1nnn(-c2cccc(C3CC3)c2COc2c[c-]ncc2)c1=O.[Y].[Y].[Y].[Y].[Y]. The van der Waals surface area contributed by atoms with E-state index in [1.54, 1.807) is 113 Å². The molecule has 0 bridgehead atoms. The van der Waals surface area contributed by atoms with E-state index in [1.165, 1.54) is 106 Å². The molecule has 1 saturated carbocycles. The largest absolute Gasteiger partial charge is 0.547 e. The Morgan fingerprint density at radius 2 is 0.656 bits per heavy atom. The van der Waals surface area contributed by atoms with Gasteiger partial charge in [0, 0.05) is 250 Å². The number of pyridine rings is 5. The number of rotatable bonds is 25. The number of tetrazole rings is 5. The molecule has 1 aliphatic carbocycles. The minimum atomic E-state index is -4.62. The fourth-order valence-electron chi connectivity index (χ4n) is 11.4. The average Bonchev–Trinajstić information content (AvgIpc) is 1.48. The normalized spacial score (nSPS) is 11.0. The Hall–Kier alpha value is -10.0. The van der Waals surface area contributed by atoms with Gasteiger partial charge in [0.15, 0.2) is 0 Å². The van der Waals surface area contributed by atoms with Gasteiger partial charge in [0.1, 0.15) is 24.7 Å². The van der Waals surface area contributed by atoms with Crippen molar-refractivity contribution in [3.63, 3.8) is 0 Å². The summed E-state index contributed by atoms with van der Waals surface area (Å²) in [7, 11) is 8.99. The maximum Gasteiger partial charge on any atom is 0.416 e. The van der Waals surface area contributed by atoms with Crippen LogP contribution >= 0.6 is 0 Å². The number of halogens is 5. The maximum atomic E-state index is 13.4. The summed E-state index contributed by atoms with van der Waals surface area (Å²) in [5, 5.41) is 37.4. The van der Waals surface area contributed by atoms with E-state index in [9.17, 15) is 45.9 Å². The molecule has 0 amide bonds. The number of alkyl halides is 5. The van der Waals surface area contributed by atoms with Gasteiger partial charge in [-0.3, -0.25) is 0 Å². The summed E-state index contributed by atoms with van der Waals surface area (Å²) in [6, 6.07) is 40.5. The third-order valence-electron chi connectivity index (χ3n) is 17.5. The molecule has 125 heavy (non-hydrogen) atoms. The van der Waals surface area contributed by atoms with Gasteiger partial charge in [0.05, 0.1) is 78.7 Å². The molecule has 5 radical (unpaired) electrons. The van der Waals surface area contributed by atoms with Crippen LogP contribution in [0, 0.1) is 31.0 Å². The number of ether oxygens (including phenoxy) is 7. The first kappa shape index (κ1) is 102. The molecule has 0 spiro atoms. The number of methoxy groups -OCH3 is 1. The molecule has 0 saturated heterocycles. The van der Waals surface area contributed by atoms with E-state index in [-0.39, 0.29) is 229 Å². The average molecular weight is 2090 g/mol. The summed E-state index contributed by atoms with van der Waals surface area (Å²) in [4.78, 5) is 79.5. The fourth-order valence-corrected chi connectivity index (χ4v) is 11.4. The van der Waals surface area contributed by atoms with Gasteiger partial charge in [-0.05, 0) is 132 Å². The van der Waals surface area contributed by atoms with E-state index in [0.29, 0.717) is 81.9 Å². The zero-order valence-electron chi connectivity index (χ0n) is 67.5. The van der Waals surface area contributed by atoms with Crippen LogP contribution in [-0.4, -0.2) is 138 Å². The molecular formula is C78H69F5N25O12Y5-5. The van der Waals surface area contributed by atoms with Crippen LogP contribution in [0.25, 0.3) is 28.4 Å². The van der Waals surface area contributed by atoms with Crippen molar-refractivity contribution < 1.29 is 219 Å². The summed E-state index contributed by atoms with van der Waals surface area (Å²) in [5.41, 5.74) is 2.17. The van der Waals surface area contributed by atoms with E-state index in [4.69, 9.17) is 33.2 Å². The molecule has 47 heteroatoms. The van der Waals surface area contributed by atoms with E-state index in [0.717, 1.165) is 58.2 Å². The van der Waals surface area contributed by atoms with Crippen LogP contribution in [0.2, 0.25) is 0 Å². The molecule has 15 aromatic rings. The fraction of sp³-hybridized carbons (Fsp3) is 0.231. The van der Waals surface area contributed by atoms with Crippen LogP contribution < -0.4 is 61.6 Å². The third kappa shape index (κ3) is 26.6. The number of benzene rings is 5. The van der Waals surface area contributed by atoms with Crippen LogP contribution in [0.1, 0.15) is 76.6 Å². The summed E-state index contributed by atoms with van der Waals surface area (Å²) in [6.07, 6.45) is 15.9. The Kier molecular flexibility index (Phi) is 40.2. The zero-order valence-corrected chi connectivity index (χ0v) is 81.7. The molecule has 10 aromatic heterocycles. The van der Waals surface area contributed by atoms with Gasteiger partial charge in [-0.1, -0.05) is 104 Å². The number of aryl methyl sites for hydroxylation is 5. The van der Waals surface area contributed by atoms with Gasteiger partial charge in [0.2, 0.25) is 0 Å². The number of hydrogen-bond donors (Lipinski definition) is 0. The second kappa shape index (κ2) is 49.2. The van der Waals surface area contributed by atoms with Crippen molar-refractivity contribution in [3.05, 3.63) is 311 Å². The van der Waals surface area contributed by atoms with Crippen molar-refractivity contribution in [2.24, 2.45) is 35.2 Å². The second-order valence-electron chi connectivity index (χ2n) is 25.2. The van der Waals surface area contributed by atoms with Gasteiger partial charge in [-0.15, -0.1) is 60.7 Å². The Bertz CT molecular complexity index is 6100. The maximum absolute atomic E-state index is 13.4. The first-order valence-electron chi connectivity index (χ1n) is 35.9.